The summed E-state index contributed by atoms with van der Waals surface area (Å²) in [7, 11) is 0. The van der Waals surface area contributed by atoms with E-state index in [4.69, 9.17) is 0 Å². The Morgan fingerprint density at radius 2 is 2.16 bits per heavy atom. The first-order valence-corrected chi connectivity index (χ1v) is 6.01. The minimum atomic E-state index is -0.416. The number of rotatable bonds is 5. The van der Waals surface area contributed by atoms with Crippen LogP contribution < -0.4 is 5.32 Å². The third-order valence-corrected chi connectivity index (χ3v) is 2.58. The molecule has 1 aromatic carbocycles. The number of hydrogen-bond acceptors (Lipinski definition) is 5. The lowest BCUT2D eigenvalue weighted by atomic mass is 10.1. The van der Waals surface area contributed by atoms with E-state index in [0.29, 0.717) is 11.3 Å². The Labute approximate surface area is 110 Å². The van der Waals surface area contributed by atoms with Gasteiger partial charge < -0.3 is 5.32 Å². The van der Waals surface area contributed by atoms with Crippen molar-refractivity contribution in [3.63, 3.8) is 0 Å². The van der Waals surface area contributed by atoms with Gasteiger partial charge in [-0.2, -0.15) is 0 Å². The number of aromatic nitrogens is 2. The molecule has 6 nitrogen and oxygen atoms in total. The van der Waals surface area contributed by atoms with E-state index in [-0.39, 0.29) is 5.69 Å². The molecule has 0 bridgehead atoms. The highest BCUT2D eigenvalue weighted by atomic mass is 16.6. The van der Waals surface area contributed by atoms with Crippen molar-refractivity contribution < 1.29 is 4.92 Å². The normalized spacial score (nSPS) is 10.2. The largest absolute Gasteiger partial charge is 0.370 e. The standard InChI is InChI=1S/C13H14N4O2/c1-2-6-14-13-8-12(15-9-16-13)10-4-3-5-11(7-10)17(18)19/h3-5,7-9H,2,6H2,1H3,(H,14,15,16). The third-order valence-electron chi connectivity index (χ3n) is 2.58. The van der Waals surface area contributed by atoms with Crippen LogP contribution in [0.2, 0.25) is 0 Å². The molecular weight excluding hydrogens is 244 g/mol. The summed E-state index contributed by atoms with van der Waals surface area (Å²) in [5, 5.41) is 13.9. The highest BCUT2D eigenvalue weighted by molar-refractivity contribution is 5.64. The van der Waals surface area contributed by atoms with E-state index in [1.54, 1.807) is 18.2 Å². The zero-order valence-corrected chi connectivity index (χ0v) is 10.5. The van der Waals surface area contributed by atoms with Crippen LogP contribution in [0.5, 0.6) is 0 Å². The second-order valence-corrected chi connectivity index (χ2v) is 4.02. The number of benzene rings is 1. The smallest absolute Gasteiger partial charge is 0.270 e. The fraction of sp³-hybridized carbons (Fsp3) is 0.231. The first-order chi connectivity index (χ1) is 9.20. The van der Waals surface area contributed by atoms with Gasteiger partial charge in [0.25, 0.3) is 5.69 Å². The van der Waals surface area contributed by atoms with Crippen LogP contribution >= 0.6 is 0 Å². The number of nitrogens with one attached hydrogen (secondary N) is 1. The molecule has 1 aromatic heterocycles. The average Bonchev–Trinajstić information content (AvgIpc) is 2.45. The fourth-order valence-electron chi connectivity index (χ4n) is 1.64. The van der Waals surface area contributed by atoms with Gasteiger partial charge >= 0.3 is 0 Å². The van der Waals surface area contributed by atoms with Gasteiger partial charge in [-0.15, -0.1) is 0 Å². The third kappa shape index (κ3) is 3.25. The Kier molecular flexibility index (Phi) is 4.02. The predicted octanol–water partition coefficient (Wildman–Crippen LogP) is 2.87. The second kappa shape index (κ2) is 5.90. The van der Waals surface area contributed by atoms with Crippen LogP contribution in [0, 0.1) is 10.1 Å². The number of nitrogens with zero attached hydrogens (tertiary/aromatic N) is 3. The van der Waals surface area contributed by atoms with Crippen LogP contribution in [0.25, 0.3) is 11.3 Å². The molecule has 19 heavy (non-hydrogen) atoms. The van der Waals surface area contributed by atoms with E-state index in [0.717, 1.165) is 18.8 Å². The molecule has 2 rings (SSSR count). The molecule has 0 aliphatic heterocycles. The molecule has 6 heteroatoms. The molecule has 0 saturated carbocycles. The van der Waals surface area contributed by atoms with Crippen molar-refractivity contribution in [2.24, 2.45) is 0 Å². The van der Waals surface area contributed by atoms with Gasteiger partial charge in [0.1, 0.15) is 12.1 Å². The van der Waals surface area contributed by atoms with Crippen LogP contribution in [-0.4, -0.2) is 21.4 Å². The number of anilines is 1. The van der Waals surface area contributed by atoms with Gasteiger partial charge in [0, 0.05) is 30.3 Å². The summed E-state index contributed by atoms with van der Waals surface area (Å²) in [4.78, 5) is 18.6. The molecular formula is C13H14N4O2. The maximum Gasteiger partial charge on any atom is 0.270 e. The van der Waals surface area contributed by atoms with E-state index < -0.39 is 4.92 Å². The Hall–Kier alpha value is -2.50. The number of nitro groups is 1. The minimum Gasteiger partial charge on any atom is -0.370 e. The molecule has 0 saturated heterocycles. The molecule has 0 aliphatic rings. The number of hydrogen-bond donors (Lipinski definition) is 1. The maximum absolute atomic E-state index is 10.8. The van der Waals surface area contributed by atoms with Crippen LogP contribution in [0.3, 0.4) is 0 Å². The van der Waals surface area contributed by atoms with Gasteiger partial charge in [0.15, 0.2) is 0 Å². The Bertz CT molecular complexity index is 586. The Morgan fingerprint density at radius 3 is 2.89 bits per heavy atom. The van der Waals surface area contributed by atoms with Crippen LogP contribution in [0.1, 0.15) is 13.3 Å². The number of nitro benzene ring substituents is 1. The molecule has 0 fully saturated rings. The molecule has 0 amide bonds. The molecule has 0 unspecified atom stereocenters. The van der Waals surface area contributed by atoms with Crippen LogP contribution in [0.4, 0.5) is 11.5 Å². The Balaban J connectivity index is 2.30. The van der Waals surface area contributed by atoms with Crippen molar-refractivity contribution in [3.05, 3.63) is 46.8 Å². The number of non-ortho nitro benzene ring substituents is 1. The molecule has 98 valence electrons. The molecule has 0 radical (unpaired) electrons. The van der Waals surface area contributed by atoms with Crippen molar-refractivity contribution in [1.82, 2.24) is 9.97 Å². The Morgan fingerprint density at radius 1 is 1.32 bits per heavy atom. The van der Waals surface area contributed by atoms with E-state index in [1.807, 2.05) is 0 Å². The monoisotopic (exact) mass is 258 g/mol. The zero-order chi connectivity index (χ0) is 13.7. The fourth-order valence-corrected chi connectivity index (χ4v) is 1.64. The average molecular weight is 258 g/mol. The minimum absolute atomic E-state index is 0.0548. The lowest BCUT2D eigenvalue weighted by Gasteiger charge is -2.05. The van der Waals surface area contributed by atoms with Gasteiger partial charge in [0.05, 0.1) is 10.6 Å². The highest BCUT2D eigenvalue weighted by Crippen LogP contribution is 2.23. The van der Waals surface area contributed by atoms with Crippen LogP contribution in [0.15, 0.2) is 36.7 Å². The van der Waals surface area contributed by atoms with Crippen molar-refractivity contribution in [2.75, 3.05) is 11.9 Å². The van der Waals surface area contributed by atoms with E-state index >= 15 is 0 Å². The van der Waals surface area contributed by atoms with E-state index in [2.05, 4.69) is 22.2 Å². The predicted molar refractivity (Wildman–Crippen MR) is 72.9 cm³/mol. The zero-order valence-electron chi connectivity index (χ0n) is 10.5. The van der Waals surface area contributed by atoms with Gasteiger partial charge in [-0.25, -0.2) is 9.97 Å². The van der Waals surface area contributed by atoms with Crippen LogP contribution in [-0.2, 0) is 0 Å². The molecule has 0 aliphatic carbocycles. The van der Waals surface area contributed by atoms with Crippen molar-refractivity contribution in [2.45, 2.75) is 13.3 Å². The molecule has 1 N–H and O–H groups in total. The van der Waals surface area contributed by atoms with Crippen molar-refractivity contribution in [1.29, 1.82) is 0 Å². The maximum atomic E-state index is 10.8. The molecule has 2 aromatic rings. The summed E-state index contributed by atoms with van der Waals surface area (Å²) >= 11 is 0. The molecule has 0 spiro atoms. The van der Waals surface area contributed by atoms with Crippen molar-refractivity contribution in [3.8, 4) is 11.3 Å². The lowest BCUT2D eigenvalue weighted by Crippen LogP contribution is -2.02. The summed E-state index contributed by atoms with van der Waals surface area (Å²) in [6.07, 6.45) is 2.45. The highest BCUT2D eigenvalue weighted by Gasteiger charge is 2.08. The van der Waals surface area contributed by atoms with Gasteiger partial charge in [-0.3, -0.25) is 10.1 Å². The van der Waals surface area contributed by atoms with E-state index in [1.165, 1.54) is 18.5 Å². The summed E-state index contributed by atoms with van der Waals surface area (Å²) < 4.78 is 0. The molecule has 0 atom stereocenters. The molecule has 1 heterocycles. The lowest BCUT2D eigenvalue weighted by molar-refractivity contribution is -0.384. The first kappa shape index (κ1) is 12.9. The van der Waals surface area contributed by atoms with Crippen molar-refractivity contribution >= 4 is 11.5 Å². The summed E-state index contributed by atoms with van der Waals surface area (Å²) in [5.74, 6) is 0.721. The summed E-state index contributed by atoms with van der Waals surface area (Å²) in [6.45, 7) is 2.89. The topological polar surface area (TPSA) is 81.0 Å². The van der Waals surface area contributed by atoms with Gasteiger partial charge in [-0.05, 0) is 6.42 Å². The quantitative estimate of drug-likeness (QED) is 0.658. The van der Waals surface area contributed by atoms with Gasteiger partial charge in [0.2, 0.25) is 0 Å². The summed E-state index contributed by atoms with van der Waals surface area (Å²) in [5.41, 5.74) is 1.42. The van der Waals surface area contributed by atoms with E-state index in [9.17, 15) is 10.1 Å². The van der Waals surface area contributed by atoms with Gasteiger partial charge in [-0.1, -0.05) is 19.1 Å². The first-order valence-electron chi connectivity index (χ1n) is 6.01. The second-order valence-electron chi connectivity index (χ2n) is 4.02. The SMILES string of the molecule is CCCNc1cc(-c2cccc([N+](=O)[O-])c2)ncn1. The summed E-state index contributed by atoms with van der Waals surface area (Å²) in [6, 6.07) is 8.19.